The Balaban J connectivity index is 1.54. The SMILES string of the molecule is CC(=O)N1CCC2(CC1)OCc1cc(-c3ccc(F)c(F)c3)ccc1O2. The van der Waals surface area contributed by atoms with E-state index in [4.69, 9.17) is 9.47 Å². The van der Waals surface area contributed by atoms with Crippen LogP contribution in [0.3, 0.4) is 0 Å². The number of piperidine rings is 1. The fourth-order valence-corrected chi connectivity index (χ4v) is 3.49. The summed E-state index contributed by atoms with van der Waals surface area (Å²) in [5, 5.41) is 0. The Morgan fingerprint density at radius 3 is 2.42 bits per heavy atom. The van der Waals surface area contributed by atoms with Gasteiger partial charge in [-0.1, -0.05) is 12.1 Å². The number of hydrogen-bond donors (Lipinski definition) is 0. The highest BCUT2D eigenvalue weighted by atomic mass is 19.2. The number of likely N-dealkylation sites (tertiary alicyclic amines) is 1. The number of rotatable bonds is 1. The average molecular weight is 359 g/mol. The van der Waals surface area contributed by atoms with Crippen molar-refractivity contribution in [2.45, 2.75) is 32.2 Å². The van der Waals surface area contributed by atoms with Gasteiger partial charge in [-0.25, -0.2) is 8.78 Å². The van der Waals surface area contributed by atoms with E-state index in [-0.39, 0.29) is 5.91 Å². The second-order valence-electron chi connectivity index (χ2n) is 6.76. The van der Waals surface area contributed by atoms with Gasteiger partial charge in [0.25, 0.3) is 0 Å². The molecule has 1 fully saturated rings. The summed E-state index contributed by atoms with van der Waals surface area (Å²) in [6.45, 7) is 3.16. The third-order valence-corrected chi connectivity index (χ3v) is 5.07. The van der Waals surface area contributed by atoms with E-state index in [0.717, 1.165) is 22.9 Å². The minimum Gasteiger partial charge on any atom is -0.462 e. The molecule has 2 heterocycles. The molecule has 0 saturated carbocycles. The van der Waals surface area contributed by atoms with Crippen molar-refractivity contribution in [1.82, 2.24) is 4.90 Å². The second-order valence-corrected chi connectivity index (χ2v) is 6.76. The molecule has 0 aliphatic carbocycles. The summed E-state index contributed by atoms with van der Waals surface area (Å²) in [5.41, 5.74) is 2.24. The van der Waals surface area contributed by atoms with Gasteiger partial charge in [-0.2, -0.15) is 0 Å². The maximum absolute atomic E-state index is 13.5. The van der Waals surface area contributed by atoms with Crippen LogP contribution in [0.1, 0.15) is 25.3 Å². The third kappa shape index (κ3) is 3.05. The van der Waals surface area contributed by atoms with Crippen molar-refractivity contribution < 1.29 is 23.0 Å². The fraction of sp³-hybridized carbons (Fsp3) is 0.350. The monoisotopic (exact) mass is 359 g/mol. The summed E-state index contributed by atoms with van der Waals surface area (Å²) >= 11 is 0. The molecule has 0 aromatic heterocycles. The molecule has 4 nitrogen and oxygen atoms in total. The van der Waals surface area contributed by atoms with Crippen molar-refractivity contribution in [2.24, 2.45) is 0 Å². The molecule has 1 spiro atoms. The highest BCUT2D eigenvalue weighted by Crippen LogP contribution is 2.39. The normalized spacial score (nSPS) is 18.3. The third-order valence-electron chi connectivity index (χ3n) is 5.07. The van der Waals surface area contributed by atoms with Crippen molar-refractivity contribution in [3.63, 3.8) is 0 Å². The van der Waals surface area contributed by atoms with Gasteiger partial charge in [0, 0.05) is 38.4 Å². The van der Waals surface area contributed by atoms with E-state index >= 15 is 0 Å². The summed E-state index contributed by atoms with van der Waals surface area (Å²) in [6, 6.07) is 9.39. The Kier molecular flexibility index (Phi) is 4.15. The first-order valence-corrected chi connectivity index (χ1v) is 8.63. The Labute approximate surface area is 150 Å². The minimum atomic E-state index is -0.871. The largest absolute Gasteiger partial charge is 0.462 e. The number of carbonyl (C=O) groups excluding carboxylic acids is 1. The van der Waals surface area contributed by atoms with Gasteiger partial charge in [-0.3, -0.25) is 4.79 Å². The summed E-state index contributed by atoms with van der Waals surface area (Å²) in [6.07, 6.45) is 1.24. The molecule has 26 heavy (non-hydrogen) atoms. The lowest BCUT2D eigenvalue weighted by Crippen LogP contribution is -2.52. The van der Waals surface area contributed by atoms with Gasteiger partial charge in [-0.05, 0) is 35.4 Å². The van der Waals surface area contributed by atoms with Crippen LogP contribution in [0.2, 0.25) is 0 Å². The number of nitrogens with zero attached hydrogens (tertiary/aromatic N) is 1. The van der Waals surface area contributed by atoms with Gasteiger partial charge < -0.3 is 14.4 Å². The van der Waals surface area contributed by atoms with Crippen molar-refractivity contribution in [2.75, 3.05) is 13.1 Å². The van der Waals surface area contributed by atoms with E-state index in [0.29, 0.717) is 38.1 Å². The molecule has 0 unspecified atom stereocenters. The van der Waals surface area contributed by atoms with Gasteiger partial charge in [0.1, 0.15) is 5.75 Å². The van der Waals surface area contributed by atoms with Crippen molar-refractivity contribution >= 4 is 5.91 Å². The van der Waals surface area contributed by atoms with E-state index in [1.54, 1.807) is 17.9 Å². The number of carbonyl (C=O) groups is 1. The molecule has 1 saturated heterocycles. The van der Waals surface area contributed by atoms with Crippen LogP contribution in [0, 0.1) is 11.6 Å². The number of ether oxygens (including phenoxy) is 2. The zero-order valence-corrected chi connectivity index (χ0v) is 14.4. The number of hydrogen-bond acceptors (Lipinski definition) is 3. The predicted molar refractivity (Wildman–Crippen MR) is 91.4 cm³/mol. The highest BCUT2D eigenvalue weighted by Gasteiger charge is 2.41. The first-order chi connectivity index (χ1) is 12.5. The van der Waals surface area contributed by atoms with Crippen molar-refractivity contribution in [3.8, 4) is 16.9 Å². The molecule has 6 heteroatoms. The van der Waals surface area contributed by atoms with E-state index < -0.39 is 17.4 Å². The zero-order chi connectivity index (χ0) is 18.3. The summed E-state index contributed by atoms with van der Waals surface area (Å²) in [4.78, 5) is 13.3. The lowest BCUT2D eigenvalue weighted by molar-refractivity contribution is -0.227. The molecule has 1 amide bonds. The van der Waals surface area contributed by atoms with Crippen LogP contribution in [0.4, 0.5) is 8.78 Å². The molecular formula is C20H19F2NO3. The smallest absolute Gasteiger partial charge is 0.219 e. The quantitative estimate of drug-likeness (QED) is 0.776. The number of amides is 1. The van der Waals surface area contributed by atoms with Gasteiger partial charge in [-0.15, -0.1) is 0 Å². The Morgan fingerprint density at radius 1 is 1.04 bits per heavy atom. The van der Waals surface area contributed by atoms with Crippen LogP contribution in [-0.2, 0) is 16.1 Å². The predicted octanol–water partition coefficient (Wildman–Crippen LogP) is 3.88. The molecule has 2 aromatic rings. The van der Waals surface area contributed by atoms with Gasteiger partial charge >= 0.3 is 0 Å². The topological polar surface area (TPSA) is 38.8 Å². The van der Waals surface area contributed by atoms with Gasteiger partial charge in [0.15, 0.2) is 11.6 Å². The van der Waals surface area contributed by atoms with Crippen molar-refractivity contribution in [1.29, 1.82) is 0 Å². The van der Waals surface area contributed by atoms with Gasteiger partial charge in [0.05, 0.1) is 6.61 Å². The number of fused-ring (bicyclic) bond motifs is 1. The summed E-state index contributed by atoms with van der Waals surface area (Å²) < 4.78 is 38.7. The van der Waals surface area contributed by atoms with Crippen molar-refractivity contribution in [3.05, 3.63) is 53.6 Å². The highest BCUT2D eigenvalue weighted by molar-refractivity contribution is 5.73. The lowest BCUT2D eigenvalue weighted by atomic mass is 9.99. The molecule has 0 atom stereocenters. The average Bonchev–Trinajstić information content (AvgIpc) is 2.64. The molecule has 0 bridgehead atoms. The number of halogens is 2. The minimum absolute atomic E-state index is 0.0623. The van der Waals surface area contributed by atoms with Crippen LogP contribution in [-0.4, -0.2) is 29.7 Å². The van der Waals surface area contributed by atoms with Crippen LogP contribution >= 0.6 is 0 Å². The molecule has 136 valence electrons. The van der Waals surface area contributed by atoms with Crippen LogP contribution in [0.5, 0.6) is 5.75 Å². The lowest BCUT2D eigenvalue weighted by Gasteiger charge is -2.43. The molecule has 2 aliphatic rings. The van der Waals surface area contributed by atoms with E-state index in [9.17, 15) is 13.6 Å². The summed E-state index contributed by atoms with van der Waals surface area (Å²) in [7, 11) is 0. The maximum atomic E-state index is 13.5. The van der Waals surface area contributed by atoms with E-state index in [2.05, 4.69) is 0 Å². The molecule has 0 radical (unpaired) electrons. The Hall–Kier alpha value is -2.47. The summed E-state index contributed by atoms with van der Waals surface area (Å²) in [5.74, 6) is -1.63. The van der Waals surface area contributed by atoms with Crippen LogP contribution < -0.4 is 4.74 Å². The Morgan fingerprint density at radius 2 is 1.73 bits per heavy atom. The molecule has 2 aliphatic heterocycles. The van der Waals surface area contributed by atoms with Gasteiger partial charge in [0.2, 0.25) is 11.7 Å². The number of benzene rings is 2. The maximum Gasteiger partial charge on any atom is 0.219 e. The second kappa shape index (κ2) is 6.36. The standard InChI is InChI=1S/C20H19F2NO3/c1-13(24)23-8-6-20(7-9-23)25-12-16-10-14(3-5-19(16)26-20)15-2-4-17(21)18(22)11-15/h2-5,10-11H,6-9,12H2,1H3. The van der Waals surface area contributed by atoms with E-state index in [1.807, 2.05) is 18.2 Å². The van der Waals surface area contributed by atoms with Crippen LogP contribution in [0.25, 0.3) is 11.1 Å². The Bertz CT molecular complexity index is 860. The fourth-order valence-electron chi connectivity index (χ4n) is 3.49. The molecule has 0 N–H and O–H groups in total. The van der Waals surface area contributed by atoms with Crippen LogP contribution in [0.15, 0.2) is 36.4 Å². The zero-order valence-electron chi connectivity index (χ0n) is 14.4. The molecule has 2 aromatic carbocycles. The first-order valence-electron chi connectivity index (χ1n) is 8.63. The molecule has 4 rings (SSSR count). The first kappa shape index (κ1) is 17.0. The van der Waals surface area contributed by atoms with E-state index in [1.165, 1.54) is 6.07 Å². The molecular weight excluding hydrogens is 340 g/mol.